The van der Waals surface area contributed by atoms with Gasteiger partial charge in [-0.3, -0.25) is 4.79 Å². The van der Waals surface area contributed by atoms with Crippen molar-refractivity contribution in [3.8, 4) is 5.75 Å². The van der Waals surface area contributed by atoms with Crippen molar-refractivity contribution in [2.45, 2.75) is 32.6 Å². The maximum Gasteiger partial charge on any atom is 0.305 e. The molecule has 1 radical (unpaired) electrons. The first-order chi connectivity index (χ1) is 8.43. The molecule has 0 unspecified atom stereocenters. The molecule has 0 aromatic heterocycles. The highest BCUT2D eigenvalue weighted by atomic mass is 16.6. The third-order valence-electron chi connectivity index (χ3n) is 2.54. The average Bonchev–Trinajstić information content (AvgIpc) is 2.33. The van der Waals surface area contributed by atoms with Crippen molar-refractivity contribution in [1.29, 1.82) is 0 Å². The van der Waals surface area contributed by atoms with Gasteiger partial charge < -0.3 is 9.47 Å². The van der Waals surface area contributed by atoms with Gasteiger partial charge in [0.2, 0.25) is 0 Å². The van der Waals surface area contributed by atoms with Crippen LogP contribution in [-0.2, 0) is 14.9 Å². The van der Waals surface area contributed by atoms with Crippen molar-refractivity contribution in [3.63, 3.8) is 0 Å². The monoisotopic (exact) mass is 249 g/mol. The van der Waals surface area contributed by atoms with Crippen molar-refractivity contribution < 1.29 is 14.3 Å². The van der Waals surface area contributed by atoms with Gasteiger partial charge in [0.1, 0.15) is 19.0 Å². The van der Waals surface area contributed by atoms with E-state index in [1.807, 2.05) is 12.1 Å². The molecule has 99 valence electrons. The van der Waals surface area contributed by atoms with Gasteiger partial charge in [-0.25, -0.2) is 0 Å². The normalized spacial score (nSPS) is 11.1. The third-order valence-corrected chi connectivity index (χ3v) is 2.54. The molecule has 1 rings (SSSR count). The van der Waals surface area contributed by atoms with Gasteiger partial charge in [-0.15, -0.1) is 0 Å². The van der Waals surface area contributed by atoms with Gasteiger partial charge in [-0.2, -0.15) is 0 Å². The zero-order valence-electron chi connectivity index (χ0n) is 11.4. The van der Waals surface area contributed by atoms with E-state index in [1.165, 1.54) is 5.56 Å². The van der Waals surface area contributed by atoms with Gasteiger partial charge in [-0.1, -0.05) is 32.9 Å². The predicted molar refractivity (Wildman–Crippen MR) is 71.6 cm³/mol. The lowest BCUT2D eigenvalue weighted by Gasteiger charge is -2.19. The molecule has 3 nitrogen and oxygen atoms in total. The second-order valence-electron chi connectivity index (χ2n) is 5.09. The van der Waals surface area contributed by atoms with Crippen LogP contribution in [0.2, 0.25) is 0 Å². The number of carbonyl (C=O) groups excluding carboxylic acids is 1. The van der Waals surface area contributed by atoms with Gasteiger partial charge in [0.25, 0.3) is 0 Å². The fourth-order valence-corrected chi connectivity index (χ4v) is 1.44. The van der Waals surface area contributed by atoms with E-state index in [4.69, 9.17) is 9.47 Å². The first kappa shape index (κ1) is 14.6. The summed E-state index contributed by atoms with van der Waals surface area (Å²) >= 11 is 0. The third kappa shape index (κ3) is 4.78. The summed E-state index contributed by atoms with van der Waals surface area (Å²) in [6.45, 7) is 10.6. The summed E-state index contributed by atoms with van der Waals surface area (Å²) in [4.78, 5) is 10.8. The SMILES string of the molecule is [CH2]CC(=O)OCCOc1ccc(C(C)(C)C)cc1. The minimum absolute atomic E-state index is 0.141. The lowest BCUT2D eigenvalue weighted by atomic mass is 9.87. The minimum Gasteiger partial charge on any atom is -0.490 e. The Morgan fingerprint density at radius 2 is 1.78 bits per heavy atom. The number of hydrogen-bond donors (Lipinski definition) is 0. The van der Waals surface area contributed by atoms with Crippen LogP contribution in [0, 0.1) is 6.92 Å². The van der Waals surface area contributed by atoms with E-state index in [1.54, 1.807) is 0 Å². The van der Waals surface area contributed by atoms with Crippen LogP contribution in [0.15, 0.2) is 24.3 Å². The number of benzene rings is 1. The molecule has 1 aromatic rings. The molecular formula is C15H21O3. The van der Waals surface area contributed by atoms with Gasteiger partial charge in [0.05, 0.1) is 0 Å². The summed E-state index contributed by atoms with van der Waals surface area (Å²) in [6, 6.07) is 7.97. The van der Waals surface area contributed by atoms with Crippen LogP contribution in [0.3, 0.4) is 0 Å². The van der Waals surface area contributed by atoms with Crippen LogP contribution < -0.4 is 4.74 Å². The van der Waals surface area contributed by atoms with Crippen molar-refractivity contribution in [3.05, 3.63) is 36.8 Å². The van der Waals surface area contributed by atoms with Gasteiger partial charge >= 0.3 is 5.97 Å². The molecule has 0 amide bonds. The van der Waals surface area contributed by atoms with Gasteiger partial charge in [-0.05, 0) is 30.0 Å². The highest BCUT2D eigenvalue weighted by Crippen LogP contribution is 2.24. The summed E-state index contributed by atoms with van der Waals surface area (Å²) in [7, 11) is 0. The minimum atomic E-state index is -0.304. The summed E-state index contributed by atoms with van der Waals surface area (Å²) in [5.41, 5.74) is 1.40. The number of esters is 1. The quantitative estimate of drug-likeness (QED) is 0.594. The second-order valence-corrected chi connectivity index (χ2v) is 5.09. The first-order valence-electron chi connectivity index (χ1n) is 6.11. The lowest BCUT2D eigenvalue weighted by molar-refractivity contribution is -0.143. The Labute approximate surface area is 109 Å². The maximum absolute atomic E-state index is 10.8. The maximum atomic E-state index is 10.8. The molecule has 1 aromatic carbocycles. The standard InChI is InChI=1S/C15H21O3/c1-5-14(16)18-11-10-17-13-8-6-12(7-9-13)15(2,3)4/h6-9H,1,5,10-11H2,2-4H3. The van der Waals surface area contributed by atoms with Crippen LogP contribution >= 0.6 is 0 Å². The Kier molecular flexibility index (Phi) is 5.20. The van der Waals surface area contributed by atoms with E-state index in [-0.39, 0.29) is 24.4 Å². The first-order valence-corrected chi connectivity index (χ1v) is 6.11. The van der Waals surface area contributed by atoms with Crippen LogP contribution in [-0.4, -0.2) is 19.2 Å². The number of rotatable bonds is 5. The Hall–Kier alpha value is -1.51. The average molecular weight is 249 g/mol. The molecule has 0 saturated carbocycles. The van der Waals surface area contributed by atoms with Gasteiger partial charge in [0, 0.05) is 6.42 Å². The Balaban J connectivity index is 2.38. The molecule has 0 saturated heterocycles. The smallest absolute Gasteiger partial charge is 0.305 e. The molecular weight excluding hydrogens is 228 g/mol. The van der Waals surface area contributed by atoms with Crippen LogP contribution in [0.5, 0.6) is 5.75 Å². The summed E-state index contributed by atoms with van der Waals surface area (Å²) in [6.07, 6.45) is 0.153. The predicted octanol–water partition coefficient (Wildman–Crippen LogP) is 3.13. The topological polar surface area (TPSA) is 35.5 Å². The van der Waals surface area contributed by atoms with Gasteiger partial charge in [0.15, 0.2) is 0 Å². The second kappa shape index (κ2) is 6.43. The van der Waals surface area contributed by atoms with E-state index in [0.717, 1.165) is 5.75 Å². The van der Waals surface area contributed by atoms with E-state index in [9.17, 15) is 4.79 Å². The highest BCUT2D eigenvalue weighted by molar-refractivity contribution is 5.69. The molecule has 0 aliphatic rings. The van der Waals surface area contributed by atoms with E-state index >= 15 is 0 Å². The largest absolute Gasteiger partial charge is 0.490 e. The molecule has 0 aliphatic heterocycles. The van der Waals surface area contributed by atoms with Crippen LogP contribution in [0.4, 0.5) is 0 Å². The molecule has 0 heterocycles. The van der Waals surface area contributed by atoms with Crippen LogP contribution in [0.1, 0.15) is 32.8 Å². The molecule has 0 spiro atoms. The molecule has 0 fully saturated rings. The van der Waals surface area contributed by atoms with E-state index in [0.29, 0.717) is 6.61 Å². The fourth-order valence-electron chi connectivity index (χ4n) is 1.44. The molecule has 0 bridgehead atoms. The molecule has 0 N–H and O–H groups in total. The zero-order chi connectivity index (χ0) is 13.6. The number of hydrogen-bond acceptors (Lipinski definition) is 3. The summed E-state index contributed by atoms with van der Waals surface area (Å²) in [5.74, 6) is 0.482. The van der Waals surface area contributed by atoms with Crippen molar-refractivity contribution in [2.24, 2.45) is 0 Å². The Bertz CT molecular complexity index is 374. The number of ether oxygens (including phenoxy) is 2. The fraction of sp³-hybridized carbons (Fsp3) is 0.467. The number of carbonyl (C=O) groups is 1. The van der Waals surface area contributed by atoms with Crippen LogP contribution in [0.25, 0.3) is 0 Å². The van der Waals surface area contributed by atoms with Crippen molar-refractivity contribution in [2.75, 3.05) is 13.2 Å². The van der Waals surface area contributed by atoms with Crippen molar-refractivity contribution in [1.82, 2.24) is 0 Å². The molecule has 3 heteroatoms. The van der Waals surface area contributed by atoms with E-state index in [2.05, 4.69) is 39.8 Å². The highest BCUT2D eigenvalue weighted by Gasteiger charge is 2.12. The lowest BCUT2D eigenvalue weighted by Crippen LogP contribution is -2.12. The van der Waals surface area contributed by atoms with E-state index < -0.39 is 0 Å². The molecule has 0 atom stereocenters. The van der Waals surface area contributed by atoms with Crippen molar-refractivity contribution >= 4 is 5.97 Å². The zero-order valence-corrected chi connectivity index (χ0v) is 11.4. The molecule has 18 heavy (non-hydrogen) atoms. The summed E-state index contributed by atoms with van der Waals surface area (Å²) < 4.78 is 10.3. The Morgan fingerprint density at radius 1 is 1.17 bits per heavy atom. The summed E-state index contributed by atoms with van der Waals surface area (Å²) in [5, 5.41) is 0. The Morgan fingerprint density at radius 3 is 2.28 bits per heavy atom. The molecule has 0 aliphatic carbocycles.